The monoisotopic (exact) mass is 370 g/mol. The average molecular weight is 371 g/mol. The van der Waals surface area contributed by atoms with E-state index in [9.17, 15) is 4.79 Å². The highest BCUT2D eigenvalue weighted by Gasteiger charge is 2.45. The highest BCUT2D eigenvalue weighted by Crippen LogP contribution is 2.42. The summed E-state index contributed by atoms with van der Waals surface area (Å²) in [7, 11) is 0. The normalized spacial score (nSPS) is 27.4. The van der Waals surface area contributed by atoms with Gasteiger partial charge in [-0.2, -0.15) is 5.10 Å². The molecule has 0 bridgehead atoms. The second-order valence-electron chi connectivity index (χ2n) is 8.30. The Morgan fingerprint density at radius 1 is 1.23 bits per heavy atom. The van der Waals surface area contributed by atoms with Crippen molar-refractivity contribution in [3.05, 3.63) is 29.3 Å². The maximum Gasteiger partial charge on any atom is 0.222 e. The maximum atomic E-state index is 12.3. The van der Waals surface area contributed by atoms with E-state index in [4.69, 9.17) is 0 Å². The predicted molar refractivity (Wildman–Crippen MR) is 103 cm³/mol. The van der Waals surface area contributed by atoms with Gasteiger partial charge in [-0.3, -0.25) is 14.8 Å². The highest BCUT2D eigenvalue weighted by molar-refractivity contribution is 7.15. The van der Waals surface area contributed by atoms with E-state index in [0.717, 1.165) is 38.2 Å². The van der Waals surface area contributed by atoms with Gasteiger partial charge in [0.1, 0.15) is 0 Å². The van der Waals surface area contributed by atoms with Crippen molar-refractivity contribution < 1.29 is 4.79 Å². The number of amides is 1. The Labute approximate surface area is 158 Å². The third kappa shape index (κ3) is 3.21. The molecule has 5 nitrogen and oxygen atoms in total. The van der Waals surface area contributed by atoms with Crippen molar-refractivity contribution in [1.29, 1.82) is 0 Å². The number of nitrogens with one attached hydrogen (secondary N) is 1. The zero-order chi connectivity index (χ0) is 17.6. The molecule has 26 heavy (non-hydrogen) atoms. The smallest absolute Gasteiger partial charge is 0.222 e. The lowest BCUT2D eigenvalue weighted by Crippen LogP contribution is -2.54. The summed E-state index contributed by atoms with van der Waals surface area (Å²) in [5.41, 5.74) is 1.43. The Hall–Kier alpha value is -1.66. The zero-order valence-electron chi connectivity index (χ0n) is 15.1. The third-order valence-corrected chi connectivity index (χ3v) is 7.33. The van der Waals surface area contributed by atoms with Crippen molar-refractivity contribution in [2.75, 3.05) is 19.6 Å². The molecular formula is C20H26N4OS. The van der Waals surface area contributed by atoms with Gasteiger partial charge in [0.15, 0.2) is 0 Å². The molecule has 1 spiro atoms. The standard InChI is InChI=1S/C20H26N4OS/c25-19-6-9-20(14-24(19)15-2-3-15)8-1-11-23(13-20)12-16-4-5-18(26-16)17-7-10-21-22-17/h4-5,7,10,15H,1-3,6,8-9,11-14H2,(H,21,22)/t20-/m1/s1. The zero-order valence-corrected chi connectivity index (χ0v) is 15.9. The fourth-order valence-corrected chi connectivity index (χ4v) is 5.79. The molecule has 6 heteroatoms. The van der Waals surface area contributed by atoms with E-state index in [1.807, 2.05) is 17.4 Å². The molecule has 1 amide bonds. The third-order valence-electron chi connectivity index (χ3n) is 6.23. The molecule has 3 fully saturated rings. The van der Waals surface area contributed by atoms with Crippen molar-refractivity contribution in [2.45, 2.75) is 51.1 Å². The van der Waals surface area contributed by atoms with Gasteiger partial charge in [-0.05, 0) is 56.8 Å². The van der Waals surface area contributed by atoms with Crippen molar-refractivity contribution in [3.8, 4) is 10.6 Å². The van der Waals surface area contributed by atoms with Crippen LogP contribution in [0.4, 0.5) is 0 Å². The minimum Gasteiger partial charge on any atom is -0.339 e. The van der Waals surface area contributed by atoms with Crippen molar-refractivity contribution in [3.63, 3.8) is 0 Å². The van der Waals surface area contributed by atoms with Crippen LogP contribution in [-0.2, 0) is 11.3 Å². The van der Waals surface area contributed by atoms with E-state index in [0.29, 0.717) is 17.4 Å². The minimum atomic E-state index is 0.332. The van der Waals surface area contributed by atoms with Gasteiger partial charge in [-0.1, -0.05) is 0 Å². The Bertz CT molecular complexity index is 782. The van der Waals surface area contributed by atoms with Gasteiger partial charge in [-0.15, -0.1) is 11.3 Å². The van der Waals surface area contributed by atoms with Gasteiger partial charge in [0.2, 0.25) is 5.91 Å². The second-order valence-corrected chi connectivity index (χ2v) is 9.47. The number of thiophene rings is 1. The molecule has 2 saturated heterocycles. The molecule has 4 heterocycles. The lowest BCUT2D eigenvalue weighted by atomic mass is 9.73. The molecule has 2 aromatic heterocycles. The summed E-state index contributed by atoms with van der Waals surface area (Å²) < 4.78 is 0. The molecule has 138 valence electrons. The minimum absolute atomic E-state index is 0.332. The van der Waals surface area contributed by atoms with Crippen LogP contribution in [0.5, 0.6) is 0 Å². The second kappa shape index (κ2) is 6.50. The first-order valence-corrected chi connectivity index (χ1v) is 10.6. The molecule has 3 aliphatic rings. The van der Waals surface area contributed by atoms with Crippen LogP contribution in [-0.4, -0.2) is 51.6 Å². The number of rotatable bonds is 4. The van der Waals surface area contributed by atoms with Gasteiger partial charge in [-0.25, -0.2) is 0 Å². The van der Waals surface area contributed by atoms with Gasteiger partial charge in [0.05, 0.1) is 10.6 Å². The SMILES string of the molecule is O=C1CC[C@@]2(CCCN(Cc3ccc(-c4ccn[nH]4)s3)C2)CN1C1CC1. The molecule has 2 aromatic rings. The van der Waals surface area contributed by atoms with Crippen LogP contribution >= 0.6 is 11.3 Å². The molecule has 1 saturated carbocycles. The number of hydrogen-bond acceptors (Lipinski definition) is 4. The maximum absolute atomic E-state index is 12.3. The van der Waals surface area contributed by atoms with E-state index < -0.39 is 0 Å². The summed E-state index contributed by atoms with van der Waals surface area (Å²) in [5, 5.41) is 7.10. The molecule has 0 aromatic carbocycles. The summed E-state index contributed by atoms with van der Waals surface area (Å²) in [5.74, 6) is 0.401. The lowest BCUT2D eigenvalue weighted by molar-refractivity contribution is -0.140. The highest BCUT2D eigenvalue weighted by atomic mass is 32.1. The first-order valence-electron chi connectivity index (χ1n) is 9.81. The Morgan fingerprint density at radius 3 is 2.96 bits per heavy atom. The summed E-state index contributed by atoms with van der Waals surface area (Å²) in [6.45, 7) is 4.34. The first-order chi connectivity index (χ1) is 12.7. The molecule has 5 rings (SSSR count). The lowest BCUT2D eigenvalue weighted by Gasteiger charge is -2.48. The van der Waals surface area contributed by atoms with Crippen LogP contribution in [0, 0.1) is 5.41 Å². The number of carbonyl (C=O) groups is 1. The van der Waals surface area contributed by atoms with E-state index in [1.54, 1.807) is 6.20 Å². The summed E-state index contributed by atoms with van der Waals surface area (Å²) >= 11 is 1.86. The van der Waals surface area contributed by atoms with E-state index in [1.165, 1.54) is 42.0 Å². The number of aromatic nitrogens is 2. The summed E-state index contributed by atoms with van der Waals surface area (Å²) in [6, 6.07) is 7.03. The van der Waals surface area contributed by atoms with Crippen LogP contribution in [0.3, 0.4) is 0 Å². The molecule has 1 N–H and O–H groups in total. The summed E-state index contributed by atoms with van der Waals surface area (Å²) in [6.07, 6.45) is 8.62. The Kier molecular flexibility index (Phi) is 4.13. The van der Waals surface area contributed by atoms with Gasteiger partial charge in [0, 0.05) is 48.6 Å². The van der Waals surface area contributed by atoms with Crippen LogP contribution in [0.15, 0.2) is 24.4 Å². The molecule has 1 aliphatic carbocycles. The van der Waals surface area contributed by atoms with Crippen molar-refractivity contribution in [1.82, 2.24) is 20.0 Å². The van der Waals surface area contributed by atoms with Gasteiger partial charge in [0.25, 0.3) is 0 Å². The molecule has 0 radical (unpaired) electrons. The van der Waals surface area contributed by atoms with Crippen molar-refractivity contribution >= 4 is 17.2 Å². The number of likely N-dealkylation sites (tertiary alicyclic amines) is 2. The van der Waals surface area contributed by atoms with Crippen LogP contribution in [0.2, 0.25) is 0 Å². The predicted octanol–water partition coefficient (Wildman–Crippen LogP) is 3.51. The average Bonchev–Trinajstić information content (AvgIpc) is 3.14. The van der Waals surface area contributed by atoms with Crippen LogP contribution in [0.25, 0.3) is 10.6 Å². The van der Waals surface area contributed by atoms with Gasteiger partial charge >= 0.3 is 0 Å². The molecular weight excluding hydrogens is 344 g/mol. The number of nitrogens with zero attached hydrogens (tertiary/aromatic N) is 3. The van der Waals surface area contributed by atoms with E-state index in [2.05, 4.69) is 32.1 Å². The van der Waals surface area contributed by atoms with Crippen LogP contribution < -0.4 is 0 Å². The fraction of sp³-hybridized carbons (Fsp3) is 0.600. The Balaban J connectivity index is 1.26. The van der Waals surface area contributed by atoms with Crippen LogP contribution in [0.1, 0.15) is 43.4 Å². The number of carbonyl (C=O) groups excluding carboxylic acids is 1. The summed E-state index contributed by atoms with van der Waals surface area (Å²) in [4.78, 5) is 19.8. The molecule has 2 aliphatic heterocycles. The fourth-order valence-electron chi connectivity index (χ4n) is 4.76. The largest absolute Gasteiger partial charge is 0.339 e. The topological polar surface area (TPSA) is 52.2 Å². The number of aromatic amines is 1. The number of piperidine rings is 2. The van der Waals surface area contributed by atoms with E-state index in [-0.39, 0.29) is 0 Å². The van der Waals surface area contributed by atoms with E-state index >= 15 is 0 Å². The quantitative estimate of drug-likeness (QED) is 0.896. The molecule has 1 atom stereocenters. The Morgan fingerprint density at radius 2 is 2.15 bits per heavy atom. The number of H-pyrrole nitrogens is 1. The van der Waals surface area contributed by atoms with Crippen molar-refractivity contribution in [2.24, 2.45) is 5.41 Å². The number of hydrogen-bond donors (Lipinski definition) is 1. The first kappa shape index (κ1) is 16.5. The molecule has 0 unspecified atom stereocenters. The van der Waals surface area contributed by atoms with Gasteiger partial charge < -0.3 is 4.90 Å².